The first-order valence-corrected chi connectivity index (χ1v) is 10.2. The van der Waals surface area contributed by atoms with Gasteiger partial charge in [0.15, 0.2) is 17.1 Å². The number of aromatic nitrogens is 3. The van der Waals surface area contributed by atoms with E-state index in [1.165, 1.54) is 11.8 Å². The number of amides is 1. The quantitative estimate of drug-likeness (QED) is 0.569. The van der Waals surface area contributed by atoms with Gasteiger partial charge in [0.1, 0.15) is 5.75 Å². The lowest BCUT2D eigenvalue weighted by Crippen LogP contribution is -2.15. The van der Waals surface area contributed by atoms with Gasteiger partial charge in [-0.25, -0.2) is 0 Å². The Kier molecular flexibility index (Phi) is 6.71. The van der Waals surface area contributed by atoms with Crippen molar-refractivity contribution in [1.29, 1.82) is 0 Å². The monoisotopic (exact) mass is 396 g/mol. The van der Waals surface area contributed by atoms with Gasteiger partial charge in [-0.05, 0) is 45.0 Å². The van der Waals surface area contributed by atoms with Crippen LogP contribution in [0.25, 0.3) is 0 Å². The number of thioether (sulfide) groups is 1. The highest BCUT2D eigenvalue weighted by molar-refractivity contribution is 7.99. The van der Waals surface area contributed by atoms with Crippen LogP contribution in [-0.4, -0.2) is 26.4 Å². The molecule has 3 rings (SSSR count). The third-order valence-electron chi connectivity index (χ3n) is 4.15. The largest absolute Gasteiger partial charge is 0.483 e. The zero-order valence-electron chi connectivity index (χ0n) is 16.3. The highest BCUT2D eigenvalue weighted by Crippen LogP contribution is 2.24. The number of aryl methyl sites for hydroxylation is 1. The van der Waals surface area contributed by atoms with Crippen molar-refractivity contribution in [1.82, 2.24) is 14.8 Å². The molecule has 2 aromatic carbocycles. The van der Waals surface area contributed by atoms with E-state index in [1.807, 2.05) is 79.9 Å². The minimum absolute atomic E-state index is 0.0744. The van der Waals surface area contributed by atoms with Crippen molar-refractivity contribution < 1.29 is 9.53 Å². The summed E-state index contributed by atoms with van der Waals surface area (Å²) in [5.41, 5.74) is 1.95. The van der Waals surface area contributed by atoms with E-state index < -0.39 is 0 Å². The molecule has 0 bridgehead atoms. The van der Waals surface area contributed by atoms with Crippen LogP contribution in [0.15, 0.2) is 59.8 Å². The molecule has 0 aliphatic heterocycles. The van der Waals surface area contributed by atoms with E-state index in [0.717, 1.165) is 22.8 Å². The van der Waals surface area contributed by atoms with Crippen molar-refractivity contribution in [3.05, 3.63) is 66.0 Å². The van der Waals surface area contributed by atoms with Gasteiger partial charge in [-0.1, -0.05) is 47.7 Å². The van der Waals surface area contributed by atoms with Gasteiger partial charge in [0.25, 0.3) is 0 Å². The first-order valence-electron chi connectivity index (χ1n) is 9.21. The number of anilines is 1. The fraction of sp³-hybridized carbons (Fsp3) is 0.286. The maximum atomic E-state index is 12.2. The summed E-state index contributed by atoms with van der Waals surface area (Å²) in [7, 11) is 0. The fourth-order valence-electron chi connectivity index (χ4n) is 2.72. The summed E-state index contributed by atoms with van der Waals surface area (Å²) in [4.78, 5) is 12.2. The standard InChI is InChI=1S/C21H24N4O2S/c1-4-25-20(16(3)27-18-8-6-5-7-9-18)23-24-21(25)28-14-19(26)22-17-12-10-15(2)11-13-17/h5-13,16H,4,14H2,1-3H3,(H,22,26)/t16-/m0/s1. The molecular formula is C21H24N4O2S. The molecule has 1 amide bonds. The van der Waals surface area contributed by atoms with Gasteiger partial charge in [0, 0.05) is 12.2 Å². The first kappa shape index (κ1) is 19.9. The smallest absolute Gasteiger partial charge is 0.234 e. The van der Waals surface area contributed by atoms with Crippen LogP contribution in [0.3, 0.4) is 0 Å². The van der Waals surface area contributed by atoms with Crippen LogP contribution >= 0.6 is 11.8 Å². The summed E-state index contributed by atoms with van der Waals surface area (Å²) in [5, 5.41) is 12.2. The topological polar surface area (TPSA) is 69.0 Å². The van der Waals surface area contributed by atoms with E-state index in [4.69, 9.17) is 4.74 Å². The van der Waals surface area contributed by atoms with Crippen molar-refractivity contribution >= 4 is 23.4 Å². The first-order chi connectivity index (χ1) is 13.6. The maximum Gasteiger partial charge on any atom is 0.234 e. The second kappa shape index (κ2) is 9.41. The van der Waals surface area contributed by atoms with Crippen molar-refractivity contribution in [2.24, 2.45) is 0 Å². The lowest BCUT2D eigenvalue weighted by Gasteiger charge is -2.15. The van der Waals surface area contributed by atoms with Gasteiger partial charge in [-0.3, -0.25) is 4.79 Å². The van der Waals surface area contributed by atoms with Crippen LogP contribution in [-0.2, 0) is 11.3 Å². The Balaban J connectivity index is 1.61. The molecule has 7 heteroatoms. The van der Waals surface area contributed by atoms with Crippen molar-refractivity contribution in [3.63, 3.8) is 0 Å². The van der Waals surface area contributed by atoms with Gasteiger partial charge in [0.2, 0.25) is 5.91 Å². The van der Waals surface area contributed by atoms with Crippen LogP contribution in [0.4, 0.5) is 5.69 Å². The van der Waals surface area contributed by atoms with E-state index in [9.17, 15) is 4.79 Å². The zero-order valence-corrected chi connectivity index (χ0v) is 17.1. The lowest BCUT2D eigenvalue weighted by atomic mass is 10.2. The Morgan fingerprint density at radius 2 is 1.86 bits per heavy atom. The number of hydrogen-bond donors (Lipinski definition) is 1. The van der Waals surface area contributed by atoms with Crippen LogP contribution in [0, 0.1) is 6.92 Å². The molecule has 6 nitrogen and oxygen atoms in total. The van der Waals surface area contributed by atoms with Crippen LogP contribution in [0.5, 0.6) is 5.75 Å². The highest BCUT2D eigenvalue weighted by Gasteiger charge is 2.19. The number of benzene rings is 2. The third-order valence-corrected chi connectivity index (χ3v) is 5.12. The molecule has 1 heterocycles. The average molecular weight is 397 g/mol. The number of hydrogen-bond acceptors (Lipinski definition) is 5. The van der Waals surface area contributed by atoms with Crippen LogP contribution < -0.4 is 10.1 Å². The molecule has 28 heavy (non-hydrogen) atoms. The molecule has 0 unspecified atom stereocenters. The van der Waals surface area contributed by atoms with Crippen LogP contribution in [0.2, 0.25) is 0 Å². The third kappa shape index (κ3) is 5.13. The van der Waals surface area contributed by atoms with Gasteiger partial charge in [-0.15, -0.1) is 10.2 Å². The predicted molar refractivity (Wildman–Crippen MR) is 112 cm³/mol. The predicted octanol–water partition coefficient (Wildman–Crippen LogP) is 4.48. The van der Waals surface area contributed by atoms with Crippen molar-refractivity contribution in [2.75, 3.05) is 11.1 Å². The van der Waals surface area contributed by atoms with E-state index >= 15 is 0 Å². The Bertz CT molecular complexity index is 910. The second-order valence-electron chi connectivity index (χ2n) is 6.36. The molecule has 0 aliphatic carbocycles. The number of carbonyl (C=O) groups is 1. The minimum Gasteiger partial charge on any atom is -0.483 e. The summed E-state index contributed by atoms with van der Waals surface area (Å²) >= 11 is 1.37. The average Bonchev–Trinajstić information content (AvgIpc) is 3.12. The SMILES string of the molecule is CCn1c(SCC(=O)Nc2ccc(C)cc2)nnc1[C@H](C)Oc1ccccc1. The fourth-order valence-corrected chi connectivity index (χ4v) is 3.53. The maximum absolute atomic E-state index is 12.2. The van der Waals surface area contributed by atoms with Gasteiger partial charge in [0.05, 0.1) is 5.75 Å². The normalized spacial score (nSPS) is 11.8. The summed E-state index contributed by atoms with van der Waals surface area (Å²) in [5.74, 6) is 1.72. The summed E-state index contributed by atoms with van der Waals surface area (Å²) < 4.78 is 7.94. The highest BCUT2D eigenvalue weighted by atomic mass is 32.2. The molecule has 1 N–H and O–H groups in total. The Morgan fingerprint density at radius 1 is 1.14 bits per heavy atom. The Labute approximate surface area is 169 Å². The molecule has 1 aromatic heterocycles. The van der Waals surface area contributed by atoms with E-state index in [1.54, 1.807) is 0 Å². The number of nitrogens with one attached hydrogen (secondary N) is 1. The molecule has 0 fully saturated rings. The van der Waals surface area contributed by atoms with E-state index in [0.29, 0.717) is 11.7 Å². The van der Waals surface area contributed by atoms with E-state index in [-0.39, 0.29) is 17.8 Å². The lowest BCUT2D eigenvalue weighted by molar-refractivity contribution is -0.113. The van der Waals surface area contributed by atoms with E-state index in [2.05, 4.69) is 15.5 Å². The number of carbonyl (C=O) groups excluding carboxylic acids is 1. The number of rotatable bonds is 8. The van der Waals surface area contributed by atoms with Gasteiger partial charge in [-0.2, -0.15) is 0 Å². The van der Waals surface area contributed by atoms with Crippen molar-refractivity contribution in [3.8, 4) is 5.75 Å². The zero-order chi connectivity index (χ0) is 19.9. The molecule has 0 spiro atoms. The summed E-state index contributed by atoms with van der Waals surface area (Å²) in [6.07, 6.45) is -0.245. The van der Waals surface area contributed by atoms with Gasteiger partial charge >= 0.3 is 0 Å². The number of para-hydroxylation sites is 1. The number of nitrogens with zero attached hydrogens (tertiary/aromatic N) is 3. The van der Waals surface area contributed by atoms with Gasteiger partial charge < -0.3 is 14.6 Å². The Morgan fingerprint density at radius 3 is 2.54 bits per heavy atom. The molecule has 1 atom stereocenters. The molecule has 0 aliphatic rings. The number of ether oxygens (including phenoxy) is 1. The second-order valence-corrected chi connectivity index (χ2v) is 7.30. The molecule has 146 valence electrons. The molecular weight excluding hydrogens is 372 g/mol. The Hall–Kier alpha value is -2.80. The summed E-state index contributed by atoms with van der Waals surface area (Å²) in [6.45, 7) is 6.69. The molecule has 0 saturated heterocycles. The summed E-state index contributed by atoms with van der Waals surface area (Å²) in [6, 6.07) is 17.4. The van der Waals surface area contributed by atoms with Crippen LogP contribution in [0.1, 0.15) is 31.3 Å². The molecule has 0 radical (unpaired) electrons. The molecule has 0 saturated carbocycles. The molecule has 3 aromatic rings. The van der Waals surface area contributed by atoms with Crippen molar-refractivity contribution in [2.45, 2.75) is 38.6 Å². The minimum atomic E-state index is -0.245.